The molecule has 1 atom stereocenters. The molecule has 2 rings (SSSR count). The Balaban J connectivity index is 2.32. The van der Waals surface area contributed by atoms with Gasteiger partial charge in [0.15, 0.2) is 0 Å². The van der Waals surface area contributed by atoms with Gasteiger partial charge in [-0.15, -0.1) is 0 Å². The van der Waals surface area contributed by atoms with Crippen LogP contribution in [0.2, 0.25) is 15.1 Å². The lowest BCUT2D eigenvalue weighted by molar-refractivity contribution is 0.550. The minimum absolute atomic E-state index is 0.0960. The van der Waals surface area contributed by atoms with Crippen molar-refractivity contribution in [3.63, 3.8) is 0 Å². The summed E-state index contributed by atoms with van der Waals surface area (Å²) in [4.78, 5) is 0. The van der Waals surface area contributed by atoms with Gasteiger partial charge >= 0.3 is 0 Å². The lowest BCUT2D eigenvalue weighted by Crippen LogP contribution is -2.23. The van der Waals surface area contributed by atoms with Crippen LogP contribution in [0, 0.1) is 0 Å². The van der Waals surface area contributed by atoms with E-state index in [0.29, 0.717) is 10.0 Å². The Bertz CT molecular complexity index is 631. The first kappa shape index (κ1) is 17.1. The molecule has 0 heterocycles. The predicted octanol–water partition coefficient (Wildman–Crippen LogP) is 6.30. The van der Waals surface area contributed by atoms with Crippen molar-refractivity contribution >= 4 is 50.7 Å². The van der Waals surface area contributed by atoms with Crippen molar-refractivity contribution < 1.29 is 0 Å². The Hall–Kier alpha value is -0.250. The second-order valence-electron chi connectivity index (χ2n) is 4.72. The highest BCUT2D eigenvalue weighted by atomic mass is 79.9. The fourth-order valence-corrected chi connectivity index (χ4v) is 3.34. The molecule has 0 fully saturated rings. The summed E-state index contributed by atoms with van der Waals surface area (Å²) in [5, 5.41) is 5.53. The molecule has 0 aromatic heterocycles. The Kier molecular flexibility index (Phi) is 6.39. The van der Waals surface area contributed by atoms with Crippen LogP contribution in [0.4, 0.5) is 0 Å². The van der Waals surface area contributed by atoms with Gasteiger partial charge in [-0.2, -0.15) is 0 Å². The first-order chi connectivity index (χ1) is 10.0. The zero-order chi connectivity index (χ0) is 15.4. The average Bonchev–Trinajstić information content (AvgIpc) is 2.44. The molecule has 21 heavy (non-hydrogen) atoms. The highest BCUT2D eigenvalue weighted by molar-refractivity contribution is 9.10. The van der Waals surface area contributed by atoms with Crippen LogP contribution in [0.15, 0.2) is 40.9 Å². The number of halogens is 4. The Morgan fingerprint density at radius 1 is 1.05 bits per heavy atom. The van der Waals surface area contributed by atoms with Crippen LogP contribution in [0.3, 0.4) is 0 Å². The van der Waals surface area contributed by atoms with Crippen LogP contribution >= 0.6 is 50.7 Å². The quantitative estimate of drug-likeness (QED) is 0.613. The van der Waals surface area contributed by atoms with E-state index in [1.807, 2.05) is 30.3 Å². The molecule has 1 nitrogen and oxygen atoms in total. The lowest BCUT2D eigenvalue weighted by atomic mass is 9.98. The molecule has 0 saturated heterocycles. The molecule has 0 spiro atoms. The molecule has 112 valence electrons. The van der Waals surface area contributed by atoms with Crippen molar-refractivity contribution in [2.45, 2.75) is 19.4 Å². The van der Waals surface area contributed by atoms with Gasteiger partial charge in [0.25, 0.3) is 0 Å². The van der Waals surface area contributed by atoms with E-state index < -0.39 is 0 Å². The summed E-state index contributed by atoms with van der Waals surface area (Å²) in [7, 11) is 0. The number of hydrogen-bond acceptors (Lipinski definition) is 1. The van der Waals surface area contributed by atoms with Crippen molar-refractivity contribution in [3.8, 4) is 0 Å². The second-order valence-corrected chi connectivity index (χ2v) is 6.88. The standard InChI is InChI=1S/C16H15BrCl3N/c1-2-21-16(13-8-11(17)4-6-14(13)19)7-10-3-5-12(18)9-15(10)20/h3-6,8-9,16,21H,2,7H2,1H3. The number of likely N-dealkylation sites (N-methyl/N-ethyl adjacent to an activating group) is 1. The lowest BCUT2D eigenvalue weighted by Gasteiger charge is -2.21. The summed E-state index contributed by atoms with van der Waals surface area (Å²) < 4.78 is 1.01. The van der Waals surface area contributed by atoms with Gasteiger partial charge in [0.1, 0.15) is 0 Å². The van der Waals surface area contributed by atoms with Crippen LogP contribution in [-0.4, -0.2) is 6.54 Å². The molecule has 1 unspecified atom stereocenters. The van der Waals surface area contributed by atoms with Gasteiger partial charge in [0.2, 0.25) is 0 Å². The molecule has 0 amide bonds. The summed E-state index contributed by atoms with van der Waals surface area (Å²) in [6.07, 6.45) is 0.750. The van der Waals surface area contributed by atoms with Gasteiger partial charge in [0, 0.05) is 25.6 Å². The van der Waals surface area contributed by atoms with Crippen molar-refractivity contribution in [1.29, 1.82) is 0 Å². The van der Waals surface area contributed by atoms with Crippen molar-refractivity contribution in [2.75, 3.05) is 6.54 Å². The van der Waals surface area contributed by atoms with Gasteiger partial charge in [0.05, 0.1) is 0 Å². The zero-order valence-corrected chi connectivity index (χ0v) is 15.3. The molecule has 0 bridgehead atoms. The van der Waals surface area contributed by atoms with Crippen molar-refractivity contribution in [3.05, 3.63) is 67.1 Å². The maximum Gasteiger partial charge on any atom is 0.0454 e. The topological polar surface area (TPSA) is 12.0 Å². The number of nitrogens with one attached hydrogen (secondary N) is 1. The molecule has 0 aliphatic carbocycles. The van der Waals surface area contributed by atoms with Gasteiger partial charge in [-0.05, 0) is 54.4 Å². The highest BCUT2D eigenvalue weighted by Gasteiger charge is 2.16. The Labute approximate surface area is 148 Å². The maximum absolute atomic E-state index is 6.34. The third kappa shape index (κ3) is 4.61. The van der Waals surface area contributed by atoms with E-state index in [1.54, 1.807) is 6.07 Å². The molecule has 1 N–H and O–H groups in total. The summed E-state index contributed by atoms with van der Waals surface area (Å²) in [6.45, 7) is 2.92. The van der Waals surface area contributed by atoms with E-state index in [1.165, 1.54) is 0 Å². The van der Waals surface area contributed by atoms with Crippen LogP contribution in [-0.2, 0) is 6.42 Å². The van der Waals surface area contributed by atoms with E-state index in [2.05, 4.69) is 28.2 Å². The fraction of sp³-hybridized carbons (Fsp3) is 0.250. The molecular formula is C16H15BrCl3N. The average molecular weight is 408 g/mol. The summed E-state index contributed by atoms with van der Waals surface area (Å²) in [5.74, 6) is 0. The molecule has 5 heteroatoms. The van der Waals surface area contributed by atoms with Gasteiger partial charge < -0.3 is 5.32 Å². The first-order valence-corrected chi connectivity index (χ1v) is 8.56. The van der Waals surface area contributed by atoms with Crippen molar-refractivity contribution in [2.24, 2.45) is 0 Å². The number of hydrogen-bond donors (Lipinski definition) is 1. The maximum atomic E-state index is 6.34. The largest absolute Gasteiger partial charge is 0.310 e. The van der Waals surface area contributed by atoms with E-state index in [4.69, 9.17) is 34.8 Å². The van der Waals surface area contributed by atoms with Crippen LogP contribution in [0.5, 0.6) is 0 Å². The SMILES string of the molecule is CCNC(Cc1ccc(Cl)cc1Cl)c1cc(Br)ccc1Cl. The second kappa shape index (κ2) is 7.85. The predicted molar refractivity (Wildman–Crippen MR) is 95.7 cm³/mol. The zero-order valence-electron chi connectivity index (χ0n) is 11.5. The highest BCUT2D eigenvalue weighted by Crippen LogP contribution is 2.31. The number of rotatable bonds is 5. The fourth-order valence-electron chi connectivity index (χ4n) is 2.23. The minimum Gasteiger partial charge on any atom is -0.310 e. The third-order valence-corrected chi connectivity index (χ3v) is 4.65. The molecule has 0 saturated carbocycles. The normalized spacial score (nSPS) is 12.4. The molecule has 0 aliphatic rings. The number of benzene rings is 2. The third-order valence-electron chi connectivity index (χ3n) is 3.22. The minimum atomic E-state index is 0.0960. The molecule has 2 aromatic rings. The molecule has 0 aliphatic heterocycles. The first-order valence-electron chi connectivity index (χ1n) is 6.63. The van der Waals surface area contributed by atoms with Gasteiger partial charge in [-0.1, -0.05) is 63.7 Å². The van der Waals surface area contributed by atoms with E-state index >= 15 is 0 Å². The molecule has 2 aromatic carbocycles. The Morgan fingerprint density at radius 2 is 1.81 bits per heavy atom. The van der Waals surface area contributed by atoms with E-state index in [-0.39, 0.29) is 6.04 Å². The Morgan fingerprint density at radius 3 is 2.48 bits per heavy atom. The summed E-state index contributed by atoms with van der Waals surface area (Å²) in [5.41, 5.74) is 2.10. The summed E-state index contributed by atoms with van der Waals surface area (Å²) >= 11 is 22.1. The molecule has 0 radical (unpaired) electrons. The van der Waals surface area contributed by atoms with E-state index in [0.717, 1.165) is 33.6 Å². The van der Waals surface area contributed by atoms with Crippen molar-refractivity contribution in [1.82, 2.24) is 5.32 Å². The van der Waals surface area contributed by atoms with Crippen LogP contribution in [0.1, 0.15) is 24.1 Å². The van der Waals surface area contributed by atoms with Gasteiger partial charge in [-0.3, -0.25) is 0 Å². The van der Waals surface area contributed by atoms with E-state index in [9.17, 15) is 0 Å². The van der Waals surface area contributed by atoms with Crippen LogP contribution in [0.25, 0.3) is 0 Å². The van der Waals surface area contributed by atoms with Gasteiger partial charge in [-0.25, -0.2) is 0 Å². The monoisotopic (exact) mass is 405 g/mol. The summed E-state index contributed by atoms with van der Waals surface area (Å²) in [6, 6.07) is 11.6. The van der Waals surface area contributed by atoms with Crippen LogP contribution < -0.4 is 5.32 Å². The molecular weight excluding hydrogens is 392 g/mol. The smallest absolute Gasteiger partial charge is 0.0454 e.